The number of amides is 1. The molecule has 0 aliphatic heterocycles. The molecule has 0 aliphatic carbocycles. The minimum Gasteiger partial charge on any atom is -0.497 e. The molecule has 9 heteroatoms. The molecule has 0 saturated heterocycles. The molecule has 0 aliphatic rings. The van der Waals surface area contributed by atoms with Gasteiger partial charge >= 0.3 is 0 Å². The van der Waals surface area contributed by atoms with Crippen molar-refractivity contribution in [2.24, 2.45) is 0 Å². The molecule has 0 saturated carbocycles. The van der Waals surface area contributed by atoms with Crippen LogP contribution in [0.15, 0.2) is 54.6 Å². The highest BCUT2D eigenvalue weighted by molar-refractivity contribution is 7.20. The van der Waals surface area contributed by atoms with Crippen molar-refractivity contribution in [1.29, 1.82) is 0 Å². The monoisotopic (exact) mass is 492 g/mol. The van der Waals surface area contributed by atoms with Gasteiger partial charge in [-0.15, -0.1) is 5.10 Å². The zero-order valence-electron chi connectivity index (χ0n) is 21.0. The van der Waals surface area contributed by atoms with E-state index in [0.717, 1.165) is 33.3 Å². The van der Waals surface area contributed by atoms with Crippen molar-refractivity contribution < 1.29 is 9.53 Å². The molecule has 2 heterocycles. The number of imidazole rings is 1. The summed E-state index contributed by atoms with van der Waals surface area (Å²) in [5.41, 5.74) is 2.67. The fraction of sp³-hybridized carbons (Fsp3) is 0.346. The van der Waals surface area contributed by atoms with Gasteiger partial charge in [-0.2, -0.15) is 4.52 Å². The number of nitrogens with zero attached hydrogens (tertiary/aromatic N) is 4. The lowest BCUT2D eigenvalue weighted by Crippen LogP contribution is -2.36. The van der Waals surface area contributed by atoms with Gasteiger partial charge in [-0.05, 0) is 57.5 Å². The highest BCUT2D eigenvalue weighted by Crippen LogP contribution is 2.35. The summed E-state index contributed by atoms with van der Waals surface area (Å²) in [7, 11) is 3.52. The van der Waals surface area contributed by atoms with Crippen molar-refractivity contribution >= 4 is 33.2 Å². The number of hydrogen-bond acceptors (Lipinski definition) is 7. The van der Waals surface area contributed by atoms with Gasteiger partial charge in [0.15, 0.2) is 5.82 Å². The smallest absolute Gasteiger partial charge is 0.240 e. The van der Waals surface area contributed by atoms with Crippen LogP contribution in [0.4, 0.5) is 10.9 Å². The molecule has 4 aromatic rings. The highest BCUT2D eigenvalue weighted by atomic mass is 32.1. The molecular weight excluding hydrogens is 460 g/mol. The first-order chi connectivity index (χ1) is 16.6. The minimum atomic E-state index is -0.194. The second-order valence-electron chi connectivity index (χ2n) is 9.55. The van der Waals surface area contributed by atoms with Crippen molar-refractivity contribution in [3.05, 3.63) is 60.2 Å². The molecule has 0 spiro atoms. The van der Waals surface area contributed by atoms with E-state index < -0.39 is 0 Å². The molecule has 0 bridgehead atoms. The fourth-order valence-corrected chi connectivity index (χ4v) is 4.57. The van der Waals surface area contributed by atoms with Gasteiger partial charge in [0.2, 0.25) is 16.0 Å². The summed E-state index contributed by atoms with van der Waals surface area (Å²) < 4.78 is 7.12. The SMILES string of the molecule is COc1ccc(-c2nc3sc(N(C)CC(=O)N[C@H](C)c4ccccc4)nn3c2NC(C)(C)C)cc1. The summed E-state index contributed by atoms with van der Waals surface area (Å²) in [4.78, 5) is 20.2. The Morgan fingerprint density at radius 2 is 1.83 bits per heavy atom. The molecule has 1 atom stereocenters. The highest BCUT2D eigenvalue weighted by Gasteiger charge is 2.23. The summed E-state index contributed by atoms with van der Waals surface area (Å²) in [6.07, 6.45) is 0. The standard InChI is InChI=1S/C26H32N6O2S/c1-17(18-10-8-7-9-11-18)27-21(33)16-31(5)25-30-32-23(29-26(2,3)4)22(28-24(32)35-25)19-12-14-20(34-6)15-13-19/h7-15,17,29H,16H2,1-6H3,(H,27,33)/t17-/m1/s1. The second kappa shape index (κ2) is 9.95. The maximum absolute atomic E-state index is 12.7. The lowest BCUT2D eigenvalue weighted by molar-refractivity contribution is -0.120. The number of carbonyl (C=O) groups excluding carboxylic acids is 1. The number of likely N-dealkylation sites (N-methyl/N-ethyl adjacent to an activating group) is 1. The number of rotatable bonds is 8. The van der Waals surface area contributed by atoms with Crippen molar-refractivity contribution in [2.45, 2.75) is 39.3 Å². The van der Waals surface area contributed by atoms with E-state index in [-0.39, 0.29) is 24.0 Å². The van der Waals surface area contributed by atoms with Crippen LogP contribution < -0.4 is 20.3 Å². The molecular formula is C26H32N6O2S. The van der Waals surface area contributed by atoms with Crippen LogP contribution in [0.2, 0.25) is 0 Å². The molecule has 0 fully saturated rings. The van der Waals surface area contributed by atoms with Crippen LogP contribution in [-0.4, -0.2) is 46.7 Å². The van der Waals surface area contributed by atoms with E-state index in [9.17, 15) is 4.79 Å². The van der Waals surface area contributed by atoms with Crippen molar-refractivity contribution in [3.63, 3.8) is 0 Å². The zero-order chi connectivity index (χ0) is 25.2. The Morgan fingerprint density at radius 1 is 1.14 bits per heavy atom. The van der Waals surface area contributed by atoms with E-state index in [4.69, 9.17) is 14.8 Å². The molecule has 2 N–H and O–H groups in total. The molecule has 2 aromatic carbocycles. The van der Waals surface area contributed by atoms with Crippen LogP contribution >= 0.6 is 11.3 Å². The predicted molar refractivity (Wildman–Crippen MR) is 142 cm³/mol. The van der Waals surface area contributed by atoms with Crippen LogP contribution in [0, 0.1) is 0 Å². The van der Waals surface area contributed by atoms with Gasteiger partial charge in [-0.3, -0.25) is 4.79 Å². The Balaban J connectivity index is 1.56. The topological polar surface area (TPSA) is 83.8 Å². The van der Waals surface area contributed by atoms with Crippen molar-refractivity contribution in [1.82, 2.24) is 19.9 Å². The van der Waals surface area contributed by atoms with E-state index in [0.29, 0.717) is 5.13 Å². The van der Waals surface area contributed by atoms with E-state index in [2.05, 4.69) is 31.4 Å². The number of aromatic nitrogens is 3. The predicted octanol–water partition coefficient (Wildman–Crippen LogP) is 4.99. The first kappa shape index (κ1) is 24.5. The number of fused-ring (bicyclic) bond motifs is 1. The molecule has 8 nitrogen and oxygen atoms in total. The Kier molecular flexibility index (Phi) is 6.98. The Labute approximate surface area is 209 Å². The van der Waals surface area contributed by atoms with Gasteiger partial charge in [0.25, 0.3) is 0 Å². The van der Waals surface area contributed by atoms with Gasteiger partial charge in [-0.25, -0.2) is 4.98 Å². The molecule has 0 radical (unpaired) electrons. The minimum absolute atomic E-state index is 0.0661. The summed E-state index contributed by atoms with van der Waals surface area (Å²) in [5.74, 6) is 1.54. The van der Waals surface area contributed by atoms with Gasteiger partial charge in [0, 0.05) is 18.2 Å². The third-order valence-electron chi connectivity index (χ3n) is 5.43. The molecule has 1 amide bonds. The summed E-state index contributed by atoms with van der Waals surface area (Å²) in [6.45, 7) is 8.47. The maximum Gasteiger partial charge on any atom is 0.240 e. The first-order valence-corrected chi connectivity index (χ1v) is 12.3. The quantitative estimate of drug-likeness (QED) is 0.361. The summed E-state index contributed by atoms with van der Waals surface area (Å²) >= 11 is 1.45. The Morgan fingerprint density at radius 3 is 2.46 bits per heavy atom. The first-order valence-electron chi connectivity index (χ1n) is 11.5. The average molecular weight is 493 g/mol. The Bertz CT molecular complexity index is 1290. The van der Waals surface area contributed by atoms with Gasteiger partial charge in [0.05, 0.1) is 19.7 Å². The van der Waals surface area contributed by atoms with Gasteiger partial charge < -0.3 is 20.3 Å². The molecule has 4 rings (SSSR count). The molecule has 184 valence electrons. The summed E-state index contributed by atoms with van der Waals surface area (Å²) in [5, 5.41) is 12.1. The lowest BCUT2D eigenvalue weighted by Gasteiger charge is -2.22. The van der Waals surface area contributed by atoms with Gasteiger partial charge in [-0.1, -0.05) is 41.7 Å². The average Bonchev–Trinajstić information content (AvgIpc) is 3.38. The fourth-order valence-electron chi connectivity index (χ4n) is 3.71. The number of anilines is 2. The number of ether oxygens (including phenoxy) is 1. The van der Waals surface area contributed by atoms with Crippen LogP contribution in [0.1, 0.15) is 39.3 Å². The van der Waals surface area contributed by atoms with E-state index >= 15 is 0 Å². The lowest BCUT2D eigenvalue weighted by atomic mass is 10.1. The van der Waals surface area contributed by atoms with Crippen LogP contribution in [-0.2, 0) is 4.79 Å². The van der Waals surface area contributed by atoms with Crippen LogP contribution in [0.3, 0.4) is 0 Å². The maximum atomic E-state index is 12.7. The third-order valence-corrected chi connectivity index (χ3v) is 6.46. The largest absolute Gasteiger partial charge is 0.497 e. The van der Waals surface area contributed by atoms with Crippen molar-refractivity contribution in [2.75, 3.05) is 30.9 Å². The summed E-state index contributed by atoms with van der Waals surface area (Å²) in [6, 6.07) is 17.7. The third kappa shape index (κ3) is 5.74. The van der Waals surface area contributed by atoms with E-state index in [1.807, 2.05) is 78.0 Å². The van der Waals surface area contributed by atoms with Crippen LogP contribution in [0.25, 0.3) is 16.2 Å². The molecule has 2 aromatic heterocycles. The molecule has 0 unspecified atom stereocenters. The molecule has 35 heavy (non-hydrogen) atoms. The number of methoxy groups -OCH3 is 1. The number of carbonyl (C=O) groups is 1. The van der Waals surface area contributed by atoms with Gasteiger partial charge in [0.1, 0.15) is 11.4 Å². The van der Waals surface area contributed by atoms with Crippen molar-refractivity contribution in [3.8, 4) is 17.0 Å². The van der Waals surface area contributed by atoms with Crippen LogP contribution in [0.5, 0.6) is 5.75 Å². The van der Waals surface area contributed by atoms with E-state index in [1.54, 1.807) is 7.11 Å². The second-order valence-corrected chi connectivity index (χ2v) is 10.5. The normalized spacial score (nSPS) is 12.4. The van der Waals surface area contributed by atoms with E-state index in [1.165, 1.54) is 11.3 Å². The number of nitrogens with one attached hydrogen (secondary N) is 2. The zero-order valence-corrected chi connectivity index (χ0v) is 21.8. The Hall–Kier alpha value is -3.59. The number of hydrogen-bond donors (Lipinski definition) is 2. The number of benzene rings is 2.